The summed E-state index contributed by atoms with van der Waals surface area (Å²) in [5.41, 5.74) is 0. The summed E-state index contributed by atoms with van der Waals surface area (Å²) in [4.78, 5) is 0. The number of terminal acetylenes is 1. The lowest BCUT2D eigenvalue weighted by atomic mass is 10.4. The molecule has 0 rings (SSSR count). The van der Waals surface area contributed by atoms with E-state index in [1.807, 2.05) is 0 Å². The van der Waals surface area contributed by atoms with Crippen molar-refractivity contribution in [3.63, 3.8) is 0 Å². The largest absolute Gasteiger partial charge is 0.314 e. The standard InChI is InChI=1S/C7H14N2O2S/c1-3-4-5-8-6-7-9-12(2,10)11/h1,8-9H,4-7H2,2H3. The molecule has 0 aliphatic carbocycles. The molecule has 4 nitrogen and oxygen atoms in total. The zero-order chi connectivity index (χ0) is 9.45. The monoisotopic (exact) mass is 190 g/mol. The van der Waals surface area contributed by atoms with E-state index in [2.05, 4.69) is 16.0 Å². The average molecular weight is 190 g/mol. The zero-order valence-electron chi connectivity index (χ0n) is 7.13. The van der Waals surface area contributed by atoms with Crippen LogP contribution in [0.25, 0.3) is 0 Å². The van der Waals surface area contributed by atoms with Crippen molar-refractivity contribution in [1.29, 1.82) is 0 Å². The molecule has 0 spiro atoms. The predicted octanol–water partition coefficient (Wildman–Crippen LogP) is -0.851. The fraction of sp³-hybridized carbons (Fsp3) is 0.714. The molecule has 0 amide bonds. The van der Waals surface area contributed by atoms with Crippen molar-refractivity contribution in [1.82, 2.24) is 10.0 Å². The number of nitrogens with one attached hydrogen (secondary N) is 2. The normalized spacial score (nSPS) is 11.0. The first-order valence-electron chi connectivity index (χ1n) is 3.65. The van der Waals surface area contributed by atoms with Crippen LogP contribution in [-0.2, 0) is 10.0 Å². The molecule has 0 aliphatic heterocycles. The molecule has 0 aromatic rings. The highest BCUT2D eigenvalue weighted by Gasteiger charge is 1.97. The lowest BCUT2D eigenvalue weighted by Crippen LogP contribution is -2.31. The fourth-order valence-corrected chi connectivity index (χ4v) is 1.08. The summed E-state index contributed by atoms with van der Waals surface area (Å²) in [5.74, 6) is 2.47. The van der Waals surface area contributed by atoms with Gasteiger partial charge < -0.3 is 5.32 Å². The SMILES string of the molecule is C#CCCNCCNS(C)(=O)=O. The maximum Gasteiger partial charge on any atom is 0.208 e. The minimum Gasteiger partial charge on any atom is -0.314 e. The molecule has 5 heteroatoms. The van der Waals surface area contributed by atoms with Crippen LogP contribution in [0.15, 0.2) is 0 Å². The number of hydrogen-bond acceptors (Lipinski definition) is 3. The molecule has 0 bridgehead atoms. The molecule has 0 aliphatic rings. The summed E-state index contributed by atoms with van der Waals surface area (Å²) in [5, 5.41) is 2.99. The van der Waals surface area contributed by atoms with Gasteiger partial charge in [-0.1, -0.05) is 0 Å². The molecule has 0 aromatic heterocycles. The van der Waals surface area contributed by atoms with Crippen molar-refractivity contribution < 1.29 is 8.42 Å². The Bertz CT molecular complexity index is 241. The molecule has 0 unspecified atom stereocenters. The minimum atomic E-state index is -3.05. The Morgan fingerprint density at radius 2 is 2.00 bits per heavy atom. The van der Waals surface area contributed by atoms with Crippen molar-refractivity contribution in [2.45, 2.75) is 6.42 Å². The van der Waals surface area contributed by atoms with Crippen LogP contribution in [0.4, 0.5) is 0 Å². The molecular formula is C7H14N2O2S. The van der Waals surface area contributed by atoms with Crippen LogP contribution in [0, 0.1) is 12.3 Å². The van der Waals surface area contributed by atoms with E-state index in [9.17, 15) is 8.42 Å². The molecule has 0 radical (unpaired) electrons. The first-order valence-corrected chi connectivity index (χ1v) is 5.54. The highest BCUT2D eigenvalue weighted by atomic mass is 32.2. The van der Waals surface area contributed by atoms with Crippen LogP contribution >= 0.6 is 0 Å². The topological polar surface area (TPSA) is 58.2 Å². The van der Waals surface area contributed by atoms with Gasteiger partial charge in [-0.05, 0) is 0 Å². The van der Waals surface area contributed by atoms with Crippen molar-refractivity contribution >= 4 is 10.0 Å². The quantitative estimate of drug-likeness (QED) is 0.423. The van der Waals surface area contributed by atoms with Gasteiger partial charge in [-0.3, -0.25) is 0 Å². The average Bonchev–Trinajstić information content (AvgIpc) is 1.94. The van der Waals surface area contributed by atoms with Gasteiger partial charge in [-0.2, -0.15) is 0 Å². The number of hydrogen-bond donors (Lipinski definition) is 2. The molecule has 2 N–H and O–H groups in total. The zero-order valence-corrected chi connectivity index (χ0v) is 7.95. The van der Waals surface area contributed by atoms with Crippen molar-refractivity contribution in [3.8, 4) is 12.3 Å². The summed E-state index contributed by atoms with van der Waals surface area (Å²) in [6.07, 6.45) is 6.81. The Morgan fingerprint density at radius 3 is 2.50 bits per heavy atom. The highest BCUT2D eigenvalue weighted by Crippen LogP contribution is 1.72. The molecule has 0 heterocycles. The van der Waals surface area contributed by atoms with E-state index in [4.69, 9.17) is 6.42 Å². The second-order valence-corrected chi connectivity index (χ2v) is 4.20. The van der Waals surface area contributed by atoms with Crippen LogP contribution < -0.4 is 10.0 Å². The maximum atomic E-state index is 10.5. The van der Waals surface area contributed by atoms with Gasteiger partial charge in [0.2, 0.25) is 10.0 Å². The third-order valence-corrected chi connectivity index (χ3v) is 1.84. The Balaban J connectivity index is 3.18. The van der Waals surface area contributed by atoms with E-state index in [0.29, 0.717) is 19.5 Å². The van der Waals surface area contributed by atoms with Crippen molar-refractivity contribution in [2.75, 3.05) is 25.9 Å². The lowest BCUT2D eigenvalue weighted by molar-refractivity contribution is 0.582. The Morgan fingerprint density at radius 1 is 1.33 bits per heavy atom. The molecule has 0 aromatic carbocycles. The molecule has 70 valence electrons. The van der Waals surface area contributed by atoms with E-state index in [1.54, 1.807) is 0 Å². The first-order chi connectivity index (χ1) is 5.56. The fourth-order valence-electron chi connectivity index (χ4n) is 0.610. The Labute approximate surface area is 73.8 Å². The van der Waals surface area contributed by atoms with Gasteiger partial charge in [0.25, 0.3) is 0 Å². The molecule has 12 heavy (non-hydrogen) atoms. The number of sulfonamides is 1. The van der Waals surface area contributed by atoms with Crippen molar-refractivity contribution in [2.24, 2.45) is 0 Å². The molecule has 0 fully saturated rings. The van der Waals surface area contributed by atoms with E-state index in [1.165, 1.54) is 0 Å². The molecule has 0 saturated heterocycles. The Kier molecular flexibility index (Phi) is 5.72. The van der Waals surface area contributed by atoms with E-state index in [0.717, 1.165) is 12.8 Å². The summed E-state index contributed by atoms with van der Waals surface area (Å²) in [6, 6.07) is 0. The van der Waals surface area contributed by atoms with E-state index < -0.39 is 10.0 Å². The second-order valence-electron chi connectivity index (χ2n) is 2.37. The Hall–Kier alpha value is -0.570. The maximum absolute atomic E-state index is 10.5. The van der Waals surface area contributed by atoms with Gasteiger partial charge in [0.15, 0.2) is 0 Å². The van der Waals surface area contributed by atoms with Crippen LogP contribution in [-0.4, -0.2) is 34.3 Å². The van der Waals surface area contributed by atoms with E-state index in [-0.39, 0.29) is 0 Å². The summed E-state index contributed by atoms with van der Waals surface area (Å²) >= 11 is 0. The summed E-state index contributed by atoms with van der Waals surface area (Å²) in [6.45, 7) is 1.74. The van der Waals surface area contributed by atoms with Crippen LogP contribution in [0.5, 0.6) is 0 Å². The van der Waals surface area contributed by atoms with Crippen molar-refractivity contribution in [3.05, 3.63) is 0 Å². The van der Waals surface area contributed by atoms with Gasteiger partial charge in [0, 0.05) is 26.1 Å². The van der Waals surface area contributed by atoms with Crippen LogP contribution in [0.3, 0.4) is 0 Å². The van der Waals surface area contributed by atoms with Crippen LogP contribution in [0.2, 0.25) is 0 Å². The third-order valence-electron chi connectivity index (χ3n) is 1.11. The minimum absolute atomic E-state index is 0.406. The molecular weight excluding hydrogens is 176 g/mol. The second kappa shape index (κ2) is 6.00. The lowest BCUT2D eigenvalue weighted by Gasteiger charge is -2.02. The highest BCUT2D eigenvalue weighted by molar-refractivity contribution is 7.88. The smallest absolute Gasteiger partial charge is 0.208 e. The molecule has 0 saturated carbocycles. The van der Waals surface area contributed by atoms with Gasteiger partial charge in [-0.25, -0.2) is 13.1 Å². The third kappa shape index (κ3) is 9.43. The molecule has 0 atom stereocenters. The first kappa shape index (κ1) is 11.4. The van der Waals surface area contributed by atoms with Gasteiger partial charge in [0.1, 0.15) is 0 Å². The van der Waals surface area contributed by atoms with Crippen LogP contribution in [0.1, 0.15) is 6.42 Å². The van der Waals surface area contributed by atoms with Gasteiger partial charge in [-0.15, -0.1) is 12.3 Å². The summed E-state index contributed by atoms with van der Waals surface area (Å²) < 4.78 is 23.5. The van der Waals surface area contributed by atoms with Gasteiger partial charge >= 0.3 is 0 Å². The van der Waals surface area contributed by atoms with Gasteiger partial charge in [0.05, 0.1) is 6.26 Å². The summed E-state index contributed by atoms with van der Waals surface area (Å²) in [7, 11) is -3.05. The number of rotatable bonds is 6. The van der Waals surface area contributed by atoms with E-state index >= 15 is 0 Å². The predicted molar refractivity (Wildman–Crippen MR) is 49.2 cm³/mol.